The first-order valence-corrected chi connectivity index (χ1v) is 23.9. The van der Waals surface area contributed by atoms with Gasteiger partial charge in [0, 0.05) is 12.8 Å². The lowest BCUT2D eigenvalue weighted by Gasteiger charge is -2.22. The molecule has 0 heterocycles. The van der Waals surface area contributed by atoms with Crippen molar-refractivity contribution >= 4 is 11.9 Å². The molecule has 0 spiro atoms. The molecule has 0 aromatic rings. The summed E-state index contributed by atoms with van der Waals surface area (Å²) in [5.74, 6) is -0.0773. The molecule has 2 atom stereocenters. The highest BCUT2D eigenvalue weighted by molar-refractivity contribution is 5.76. The van der Waals surface area contributed by atoms with Gasteiger partial charge in [-0.15, -0.1) is 0 Å². The highest BCUT2D eigenvalue weighted by Crippen LogP contribution is 2.16. The van der Waals surface area contributed by atoms with Crippen molar-refractivity contribution in [3.63, 3.8) is 0 Å². The van der Waals surface area contributed by atoms with Crippen LogP contribution in [0.5, 0.6) is 0 Å². The van der Waals surface area contributed by atoms with Gasteiger partial charge < -0.3 is 20.3 Å². The largest absolute Gasteiger partial charge is 0.466 e. The van der Waals surface area contributed by atoms with Crippen LogP contribution in [-0.2, 0) is 14.3 Å². The summed E-state index contributed by atoms with van der Waals surface area (Å²) in [6.07, 6.45) is 48.9. The van der Waals surface area contributed by atoms with E-state index in [1.54, 1.807) is 0 Å². The Morgan fingerprint density at radius 1 is 0.500 bits per heavy atom. The fourth-order valence-corrected chi connectivity index (χ4v) is 7.34. The predicted octanol–water partition coefficient (Wildman–Crippen LogP) is 13.8. The van der Waals surface area contributed by atoms with Crippen LogP contribution in [0.1, 0.15) is 258 Å². The van der Waals surface area contributed by atoms with Crippen molar-refractivity contribution in [2.24, 2.45) is 0 Å². The molecule has 2 unspecified atom stereocenters. The van der Waals surface area contributed by atoms with E-state index in [4.69, 9.17) is 4.74 Å². The van der Waals surface area contributed by atoms with Crippen molar-refractivity contribution in [2.75, 3.05) is 13.2 Å². The van der Waals surface area contributed by atoms with E-state index >= 15 is 0 Å². The number of esters is 1. The van der Waals surface area contributed by atoms with Crippen molar-refractivity contribution in [3.05, 3.63) is 12.2 Å². The second-order valence-corrected chi connectivity index (χ2v) is 16.4. The molecule has 0 aromatic heterocycles. The lowest BCUT2D eigenvalue weighted by atomic mass is 10.0. The van der Waals surface area contributed by atoms with Gasteiger partial charge in [-0.3, -0.25) is 9.59 Å². The van der Waals surface area contributed by atoms with Gasteiger partial charge in [-0.25, -0.2) is 0 Å². The molecule has 0 aliphatic rings. The van der Waals surface area contributed by atoms with Gasteiger partial charge in [-0.05, 0) is 51.4 Å². The van der Waals surface area contributed by atoms with Gasteiger partial charge in [0.25, 0.3) is 0 Å². The number of aliphatic hydroxyl groups excluding tert-OH is 2. The van der Waals surface area contributed by atoms with Crippen LogP contribution in [0.2, 0.25) is 0 Å². The Hall–Kier alpha value is -1.40. The van der Waals surface area contributed by atoms with E-state index < -0.39 is 12.1 Å². The predicted molar refractivity (Wildman–Crippen MR) is 232 cm³/mol. The summed E-state index contributed by atoms with van der Waals surface area (Å²) in [7, 11) is 0. The Labute approximate surface area is 336 Å². The molecule has 0 rings (SSSR count). The highest BCUT2D eigenvalue weighted by Gasteiger charge is 2.20. The van der Waals surface area contributed by atoms with Gasteiger partial charge >= 0.3 is 5.97 Å². The molecule has 0 fully saturated rings. The standard InChI is InChI=1S/C48H93NO5/c1-3-5-7-9-11-13-15-17-22-26-30-34-38-42-48(53)54-43-39-35-31-27-23-19-16-18-21-25-29-33-37-41-47(52)49-45(44-50)46(51)40-36-32-28-24-20-14-12-10-8-6-4-2/h18,21,45-46,50-51H,3-17,19-20,22-44H2,1-2H3,(H,49,52)/b21-18-. The molecule has 1 amide bonds. The van der Waals surface area contributed by atoms with Gasteiger partial charge in [0.15, 0.2) is 0 Å². The van der Waals surface area contributed by atoms with Crippen LogP contribution in [0.25, 0.3) is 0 Å². The summed E-state index contributed by atoms with van der Waals surface area (Å²) in [5.41, 5.74) is 0. The quantitative estimate of drug-likeness (QED) is 0.0326. The van der Waals surface area contributed by atoms with Crippen molar-refractivity contribution in [1.29, 1.82) is 0 Å². The normalized spacial score (nSPS) is 12.7. The first-order valence-electron chi connectivity index (χ1n) is 23.9. The van der Waals surface area contributed by atoms with E-state index in [0.717, 1.165) is 70.6 Å². The first-order chi connectivity index (χ1) is 26.5. The molecule has 0 saturated heterocycles. The summed E-state index contributed by atoms with van der Waals surface area (Å²) >= 11 is 0. The molecular weight excluding hydrogens is 671 g/mol. The Balaban J connectivity index is 3.49. The number of aliphatic hydroxyl groups is 2. The number of ether oxygens (including phenoxy) is 1. The smallest absolute Gasteiger partial charge is 0.305 e. The molecule has 0 aromatic carbocycles. The molecule has 0 aliphatic carbocycles. The monoisotopic (exact) mass is 764 g/mol. The number of allylic oxidation sites excluding steroid dienone is 2. The molecule has 0 aliphatic heterocycles. The summed E-state index contributed by atoms with van der Waals surface area (Å²) < 4.78 is 5.44. The van der Waals surface area contributed by atoms with Crippen LogP contribution in [0.3, 0.4) is 0 Å². The fraction of sp³-hybridized carbons (Fsp3) is 0.917. The minimum absolute atomic E-state index is 0.0114. The van der Waals surface area contributed by atoms with Crippen LogP contribution in [0.15, 0.2) is 12.2 Å². The Kier molecular flexibility index (Phi) is 43.2. The second-order valence-electron chi connectivity index (χ2n) is 16.4. The van der Waals surface area contributed by atoms with Gasteiger partial charge in [0.05, 0.1) is 25.4 Å². The summed E-state index contributed by atoms with van der Waals surface area (Å²) in [5, 5.41) is 23.1. The SMILES string of the molecule is CCCCCCCCCCCCCCCC(=O)OCCCCCCCC/C=C\CCCCCC(=O)NC(CO)C(O)CCCCCCCCCCCCC. The number of rotatable bonds is 44. The van der Waals surface area contributed by atoms with Crippen LogP contribution in [-0.4, -0.2) is 47.4 Å². The number of carbonyl (C=O) groups excluding carboxylic acids is 2. The van der Waals surface area contributed by atoms with Gasteiger partial charge in [-0.1, -0.05) is 206 Å². The zero-order valence-corrected chi connectivity index (χ0v) is 36.2. The van der Waals surface area contributed by atoms with E-state index in [1.165, 1.54) is 154 Å². The minimum atomic E-state index is -0.678. The third-order valence-corrected chi connectivity index (χ3v) is 11.1. The molecule has 0 radical (unpaired) electrons. The maximum absolute atomic E-state index is 12.4. The lowest BCUT2D eigenvalue weighted by Crippen LogP contribution is -2.45. The van der Waals surface area contributed by atoms with E-state index in [2.05, 4.69) is 31.3 Å². The first kappa shape index (κ1) is 52.6. The molecule has 54 heavy (non-hydrogen) atoms. The topological polar surface area (TPSA) is 95.9 Å². The number of amides is 1. The number of hydrogen-bond donors (Lipinski definition) is 3. The maximum atomic E-state index is 12.4. The van der Waals surface area contributed by atoms with E-state index in [-0.39, 0.29) is 18.5 Å². The maximum Gasteiger partial charge on any atom is 0.305 e. The molecule has 320 valence electrons. The molecule has 0 saturated carbocycles. The van der Waals surface area contributed by atoms with Crippen LogP contribution in [0.4, 0.5) is 0 Å². The molecule has 6 nitrogen and oxygen atoms in total. The Morgan fingerprint density at radius 3 is 1.33 bits per heavy atom. The molecule has 0 bridgehead atoms. The van der Waals surface area contributed by atoms with Crippen molar-refractivity contribution in [3.8, 4) is 0 Å². The Bertz CT molecular complexity index is 802. The van der Waals surface area contributed by atoms with Crippen LogP contribution < -0.4 is 5.32 Å². The van der Waals surface area contributed by atoms with Crippen LogP contribution in [0, 0.1) is 0 Å². The van der Waals surface area contributed by atoms with Gasteiger partial charge in [0.2, 0.25) is 5.91 Å². The number of nitrogens with one attached hydrogen (secondary N) is 1. The zero-order chi connectivity index (χ0) is 39.4. The summed E-state index contributed by atoms with van der Waals surface area (Å²) in [4.78, 5) is 24.4. The molecule has 6 heteroatoms. The Morgan fingerprint density at radius 2 is 0.870 bits per heavy atom. The van der Waals surface area contributed by atoms with Crippen molar-refractivity contribution in [2.45, 2.75) is 270 Å². The highest BCUT2D eigenvalue weighted by atomic mass is 16.5. The van der Waals surface area contributed by atoms with Crippen molar-refractivity contribution in [1.82, 2.24) is 5.32 Å². The third kappa shape index (κ3) is 40.3. The van der Waals surface area contributed by atoms with Gasteiger partial charge in [-0.2, -0.15) is 0 Å². The summed E-state index contributed by atoms with van der Waals surface area (Å²) in [6, 6.07) is -0.559. The van der Waals surface area contributed by atoms with E-state index in [0.29, 0.717) is 25.9 Å². The number of carbonyl (C=O) groups is 2. The van der Waals surface area contributed by atoms with E-state index in [1.807, 2.05) is 0 Å². The molecular formula is C48H93NO5. The van der Waals surface area contributed by atoms with Gasteiger partial charge in [0.1, 0.15) is 0 Å². The summed E-state index contributed by atoms with van der Waals surface area (Å²) in [6.45, 7) is 4.90. The fourth-order valence-electron chi connectivity index (χ4n) is 7.34. The number of unbranched alkanes of at least 4 members (excludes halogenated alkanes) is 31. The average molecular weight is 764 g/mol. The lowest BCUT2D eigenvalue weighted by molar-refractivity contribution is -0.143. The third-order valence-electron chi connectivity index (χ3n) is 11.1. The van der Waals surface area contributed by atoms with Crippen LogP contribution >= 0.6 is 0 Å². The zero-order valence-electron chi connectivity index (χ0n) is 36.2. The van der Waals surface area contributed by atoms with Crippen molar-refractivity contribution < 1.29 is 24.5 Å². The minimum Gasteiger partial charge on any atom is -0.466 e. The average Bonchev–Trinajstić information content (AvgIpc) is 3.17. The van der Waals surface area contributed by atoms with E-state index in [9.17, 15) is 19.8 Å². The second kappa shape index (κ2) is 44.3. The number of hydrogen-bond acceptors (Lipinski definition) is 5. The molecule has 3 N–H and O–H groups in total.